The van der Waals surface area contributed by atoms with E-state index in [4.69, 9.17) is 11.6 Å². The molecule has 1 aliphatic rings. The highest BCUT2D eigenvalue weighted by Crippen LogP contribution is 2.27. The van der Waals surface area contributed by atoms with Gasteiger partial charge in [-0.15, -0.1) is 0 Å². The maximum Gasteiger partial charge on any atom is 0.288 e. The Kier molecular flexibility index (Phi) is 4.77. The molecule has 0 radical (unpaired) electrons. The summed E-state index contributed by atoms with van der Waals surface area (Å²) < 4.78 is 0. The van der Waals surface area contributed by atoms with Crippen LogP contribution in [-0.2, 0) is 6.54 Å². The van der Waals surface area contributed by atoms with Crippen molar-refractivity contribution in [2.75, 3.05) is 13.6 Å². The van der Waals surface area contributed by atoms with Crippen molar-refractivity contribution in [2.45, 2.75) is 32.2 Å². The van der Waals surface area contributed by atoms with E-state index in [1.807, 2.05) is 6.07 Å². The van der Waals surface area contributed by atoms with Crippen LogP contribution in [0.25, 0.3) is 0 Å². The number of rotatable bonds is 5. The lowest BCUT2D eigenvalue weighted by Crippen LogP contribution is -2.24. The van der Waals surface area contributed by atoms with Gasteiger partial charge in [-0.2, -0.15) is 0 Å². The van der Waals surface area contributed by atoms with Gasteiger partial charge < -0.3 is 4.90 Å². The number of hydrogen-bond acceptors (Lipinski definition) is 3. The molecule has 2 rings (SSSR count). The Morgan fingerprint density at radius 2 is 2.11 bits per heavy atom. The minimum Gasteiger partial charge on any atom is -0.302 e. The molecular formula is C14H19ClN2O2. The highest BCUT2D eigenvalue weighted by molar-refractivity contribution is 6.32. The van der Waals surface area contributed by atoms with Crippen LogP contribution in [0.2, 0.25) is 5.02 Å². The van der Waals surface area contributed by atoms with Crippen molar-refractivity contribution in [3.63, 3.8) is 0 Å². The maximum absolute atomic E-state index is 10.8. The van der Waals surface area contributed by atoms with Crippen molar-refractivity contribution in [3.05, 3.63) is 38.9 Å². The van der Waals surface area contributed by atoms with E-state index in [0.29, 0.717) is 0 Å². The first-order valence-corrected chi connectivity index (χ1v) is 7.05. The minimum absolute atomic E-state index is 0.00608. The molecule has 5 heteroatoms. The molecule has 104 valence electrons. The quantitative estimate of drug-likeness (QED) is 0.608. The number of nitro groups is 1. The van der Waals surface area contributed by atoms with Crippen molar-refractivity contribution >= 4 is 17.3 Å². The molecule has 0 aromatic heterocycles. The standard InChI is InChI=1S/C14H19ClN2O2/c1-16(9-11-4-2-3-5-11)10-12-6-7-13(15)14(8-12)17(18)19/h6-8,11H,2-5,9-10H2,1H3. The van der Waals surface area contributed by atoms with Crippen molar-refractivity contribution < 1.29 is 4.92 Å². The third kappa shape index (κ3) is 3.91. The van der Waals surface area contributed by atoms with Gasteiger partial charge in [0.2, 0.25) is 0 Å². The molecule has 0 heterocycles. The second-order valence-electron chi connectivity index (χ2n) is 5.39. The van der Waals surface area contributed by atoms with Gasteiger partial charge in [-0.05, 0) is 37.4 Å². The van der Waals surface area contributed by atoms with Crippen molar-refractivity contribution in [2.24, 2.45) is 5.92 Å². The van der Waals surface area contributed by atoms with Gasteiger partial charge in [-0.1, -0.05) is 30.5 Å². The molecular weight excluding hydrogens is 264 g/mol. The van der Waals surface area contributed by atoms with E-state index < -0.39 is 4.92 Å². The number of nitro benzene ring substituents is 1. The normalized spacial score (nSPS) is 16.2. The SMILES string of the molecule is CN(Cc1ccc(Cl)c([N+](=O)[O-])c1)CC1CCCC1. The molecule has 0 amide bonds. The summed E-state index contributed by atoms with van der Waals surface area (Å²) in [6, 6.07) is 5.05. The van der Waals surface area contributed by atoms with E-state index in [-0.39, 0.29) is 10.7 Å². The summed E-state index contributed by atoms with van der Waals surface area (Å²) in [5.74, 6) is 0.785. The first-order chi connectivity index (χ1) is 9.06. The van der Waals surface area contributed by atoms with Crippen molar-refractivity contribution in [1.82, 2.24) is 4.90 Å². The van der Waals surface area contributed by atoms with Crippen LogP contribution >= 0.6 is 11.6 Å². The summed E-state index contributed by atoms with van der Waals surface area (Å²) >= 11 is 5.81. The molecule has 0 atom stereocenters. The third-order valence-electron chi connectivity index (χ3n) is 3.70. The van der Waals surface area contributed by atoms with Gasteiger partial charge in [-0.3, -0.25) is 10.1 Å². The van der Waals surface area contributed by atoms with Gasteiger partial charge in [0.25, 0.3) is 5.69 Å². The van der Waals surface area contributed by atoms with Crippen LogP contribution in [0, 0.1) is 16.0 Å². The number of hydrogen-bond donors (Lipinski definition) is 0. The Hall–Kier alpha value is -1.13. The van der Waals surface area contributed by atoms with Gasteiger partial charge in [0.1, 0.15) is 5.02 Å². The van der Waals surface area contributed by atoms with Crippen LogP contribution in [0.4, 0.5) is 5.69 Å². The van der Waals surface area contributed by atoms with Crippen LogP contribution in [0.1, 0.15) is 31.2 Å². The predicted octanol–water partition coefficient (Wildman–Crippen LogP) is 3.87. The number of halogens is 1. The first kappa shape index (κ1) is 14.3. The van der Waals surface area contributed by atoms with Crippen molar-refractivity contribution in [3.8, 4) is 0 Å². The molecule has 0 saturated heterocycles. The molecule has 1 aliphatic carbocycles. The lowest BCUT2D eigenvalue weighted by Gasteiger charge is -2.20. The first-order valence-electron chi connectivity index (χ1n) is 6.67. The van der Waals surface area contributed by atoms with Gasteiger partial charge >= 0.3 is 0 Å². The van der Waals surface area contributed by atoms with Gasteiger partial charge in [-0.25, -0.2) is 0 Å². The summed E-state index contributed by atoms with van der Waals surface area (Å²) in [5.41, 5.74) is 0.935. The molecule has 0 spiro atoms. The van der Waals surface area contributed by atoms with Crippen molar-refractivity contribution in [1.29, 1.82) is 0 Å². The van der Waals surface area contributed by atoms with Crippen LogP contribution in [0.5, 0.6) is 0 Å². The van der Waals surface area contributed by atoms with Gasteiger partial charge in [0.15, 0.2) is 0 Å². The maximum atomic E-state index is 10.8. The van der Waals surface area contributed by atoms with E-state index in [1.54, 1.807) is 12.1 Å². The number of nitrogens with zero attached hydrogens (tertiary/aromatic N) is 2. The highest BCUT2D eigenvalue weighted by Gasteiger charge is 2.18. The zero-order chi connectivity index (χ0) is 13.8. The lowest BCUT2D eigenvalue weighted by molar-refractivity contribution is -0.384. The fraction of sp³-hybridized carbons (Fsp3) is 0.571. The second-order valence-corrected chi connectivity index (χ2v) is 5.80. The lowest BCUT2D eigenvalue weighted by atomic mass is 10.1. The Morgan fingerprint density at radius 3 is 2.74 bits per heavy atom. The molecule has 0 bridgehead atoms. The summed E-state index contributed by atoms with van der Waals surface area (Å²) in [7, 11) is 2.07. The Balaban J connectivity index is 1.98. The third-order valence-corrected chi connectivity index (χ3v) is 4.02. The molecule has 4 nitrogen and oxygen atoms in total. The Labute approximate surface area is 118 Å². The van der Waals surface area contributed by atoms with Crippen LogP contribution in [0.3, 0.4) is 0 Å². The molecule has 19 heavy (non-hydrogen) atoms. The summed E-state index contributed by atoms with van der Waals surface area (Å²) in [6.07, 6.45) is 5.30. The van der Waals surface area contributed by atoms with E-state index >= 15 is 0 Å². The summed E-state index contributed by atoms with van der Waals surface area (Å²) in [4.78, 5) is 12.7. The smallest absolute Gasteiger partial charge is 0.288 e. The zero-order valence-electron chi connectivity index (χ0n) is 11.1. The summed E-state index contributed by atoms with van der Waals surface area (Å²) in [6.45, 7) is 1.80. The largest absolute Gasteiger partial charge is 0.302 e. The van der Waals surface area contributed by atoms with E-state index in [0.717, 1.165) is 24.6 Å². The minimum atomic E-state index is -0.428. The molecule has 1 aromatic carbocycles. The molecule has 0 N–H and O–H groups in total. The Morgan fingerprint density at radius 1 is 1.42 bits per heavy atom. The van der Waals surface area contributed by atoms with E-state index in [2.05, 4.69) is 11.9 Å². The second kappa shape index (κ2) is 6.35. The van der Waals surface area contributed by atoms with Crippen LogP contribution < -0.4 is 0 Å². The highest BCUT2D eigenvalue weighted by atomic mass is 35.5. The van der Waals surface area contributed by atoms with Crippen LogP contribution in [0.15, 0.2) is 18.2 Å². The molecule has 1 saturated carbocycles. The van der Waals surface area contributed by atoms with Gasteiger partial charge in [0, 0.05) is 19.2 Å². The molecule has 0 unspecified atom stereocenters. The average molecular weight is 283 g/mol. The molecule has 1 fully saturated rings. The fourth-order valence-corrected chi connectivity index (χ4v) is 2.99. The predicted molar refractivity (Wildman–Crippen MR) is 76.4 cm³/mol. The topological polar surface area (TPSA) is 46.4 Å². The molecule has 0 aliphatic heterocycles. The monoisotopic (exact) mass is 282 g/mol. The fourth-order valence-electron chi connectivity index (χ4n) is 2.81. The number of benzene rings is 1. The van der Waals surface area contributed by atoms with E-state index in [1.165, 1.54) is 25.7 Å². The summed E-state index contributed by atoms with van der Waals surface area (Å²) in [5, 5.41) is 11.0. The zero-order valence-corrected chi connectivity index (χ0v) is 11.9. The van der Waals surface area contributed by atoms with E-state index in [9.17, 15) is 10.1 Å². The average Bonchev–Trinajstić information content (AvgIpc) is 2.84. The van der Waals surface area contributed by atoms with Crippen LogP contribution in [-0.4, -0.2) is 23.4 Å². The van der Waals surface area contributed by atoms with Gasteiger partial charge in [0.05, 0.1) is 4.92 Å². The Bertz CT molecular complexity index is 459. The molecule has 1 aromatic rings.